The molecule has 0 saturated carbocycles. The predicted octanol–water partition coefficient (Wildman–Crippen LogP) is 3.34. The normalized spacial score (nSPS) is 11.5. The Hall–Kier alpha value is -0.240. The van der Waals surface area contributed by atoms with Gasteiger partial charge in [0, 0.05) is 6.54 Å². The highest BCUT2D eigenvalue weighted by Gasteiger charge is 2.16. The number of nitrogens with one attached hydrogen (secondary N) is 1. The highest BCUT2D eigenvalue weighted by molar-refractivity contribution is 6.27. The van der Waals surface area contributed by atoms with Gasteiger partial charge >= 0.3 is 0 Å². The van der Waals surface area contributed by atoms with E-state index in [1.54, 1.807) is 0 Å². The van der Waals surface area contributed by atoms with Gasteiger partial charge in [0.1, 0.15) is 5.88 Å². The van der Waals surface area contributed by atoms with E-state index >= 15 is 0 Å². The maximum atomic E-state index is 10.9. The second-order valence-corrected chi connectivity index (χ2v) is 5.12. The van der Waals surface area contributed by atoms with Crippen LogP contribution in [0.4, 0.5) is 0 Å². The van der Waals surface area contributed by atoms with Gasteiger partial charge in [-0.2, -0.15) is 0 Å². The summed E-state index contributed by atoms with van der Waals surface area (Å²) in [5.41, 5.74) is 0.328. The van der Waals surface area contributed by atoms with Crippen molar-refractivity contribution in [2.24, 2.45) is 5.41 Å². The summed E-state index contributed by atoms with van der Waals surface area (Å²) in [6.45, 7) is 7.48. The van der Waals surface area contributed by atoms with Crippen LogP contribution in [0.25, 0.3) is 0 Å². The van der Waals surface area contributed by atoms with Crippen LogP contribution < -0.4 is 5.32 Å². The average molecular weight is 234 g/mol. The Labute approximate surface area is 98.8 Å². The van der Waals surface area contributed by atoms with Gasteiger partial charge in [-0.05, 0) is 18.3 Å². The highest BCUT2D eigenvalue weighted by Crippen LogP contribution is 2.27. The lowest BCUT2D eigenvalue weighted by molar-refractivity contribution is -0.118. The largest absolute Gasteiger partial charge is 0.355 e. The smallest absolute Gasteiger partial charge is 0.234 e. The first-order valence-electron chi connectivity index (χ1n) is 5.84. The molecule has 0 aliphatic heterocycles. The number of halogens is 1. The summed E-state index contributed by atoms with van der Waals surface area (Å²) in [6, 6.07) is 0. The molecule has 15 heavy (non-hydrogen) atoms. The third-order valence-corrected chi connectivity index (χ3v) is 2.95. The van der Waals surface area contributed by atoms with Crippen LogP contribution in [0.1, 0.15) is 52.9 Å². The van der Waals surface area contributed by atoms with Crippen LogP contribution in [0.3, 0.4) is 0 Å². The fraction of sp³-hybridized carbons (Fsp3) is 0.917. The first kappa shape index (κ1) is 14.8. The van der Waals surface area contributed by atoms with E-state index in [2.05, 4.69) is 26.1 Å². The van der Waals surface area contributed by atoms with Gasteiger partial charge in [-0.1, -0.05) is 40.0 Å². The molecule has 0 bridgehead atoms. The Morgan fingerprint density at radius 2 is 1.93 bits per heavy atom. The van der Waals surface area contributed by atoms with E-state index in [1.165, 1.54) is 25.7 Å². The molecule has 2 nitrogen and oxygen atoms in total. The minimum absolute atomic E-state index is 0.0657. The fourth-order valence-corrected chi connectivity index (χ4v) is 1.66. The molecule has 0 atom stereocenters. The van der Waals surface area contributed by atoms with Crippen LogP contribution in [0.2, 0.25) is 0 Å². The lowest BCUT2D eigenvalue weighted by atomic mass is 9.84. The molecule has 1 amide bonds. The van der Waals surface area contributed by atoms with Gasteiger partial charge in [-0.15, -0.1) is 11.6 Å². The van der Waals surface area contributed by atoms with Crippen molar-refractivity contribution in [2.75, 3.05) is 12.4 Å². The van der Waals surface area contributed by atoms with Crippen LogP contribution in [-0.4, -0.2) is 18.3 Å². The fourth-order valence-electron chi connectivity index (χ4n) is 1.57. The van der Waals surface area contributed by atoms with E-state index in [9.17, 15) is 4.79 Å². The lowest BCUT2D eigenvalue weighted by Crippen LogP contribution is -2.28. The molecule has 0 aromatic carbocycles. The molecule has 0 rings (SSSR count). The van der Waals surface area contributed by atoms with Crippen molar-refractivity contribution < 1.29 is 4.79 Å². The zero-order valence-corrected chi connectivity index (χ0v) is 11.0. The molecule has 0 saturated heterocycles. The van der Waals surface area contributed by atoms with Crippen LogP contribution in [0.15, 0.2) is 0 Å². The summed E-state index contributed by atoms with van der Waals surface area (Å²) in [5, 5.41) is 2.81. The van der Waals surface area contributed by atoms with Gasteiger partial charge in [-0.3, -0.25) is 4.79 Å². The van der Waals surface area contributed by atoms with Gasteiger partial charge in [0.25, 0.3) is 0 Å². The number of alkyl halides is 1. The summed E-state index contributed by atoms with van der Waals surface area (Å²) < 4.78 is 0. The van der Waals surface area contributed by atoms with Crippen LogP contribution in [0.5, 0.6) is 0 Å². The van der Waals surface area contributed by atoms with Gasteiger partial charge in [0.15, 0.2) is 0 Å². The topological polar surface area (TPSA) is 29.1 Å². The highest BCUT2D eigenvalue weighted by atomic mass is 35.5. The Morgan fingerprint density at radius 1 is 1.27 bits per heavy atom. The molecule has 3 heteroatoms. The molecule has 0 aromatic rings. The maximum absolute atomic E-state index is 10.9. The number of carbonyl (C=O) groups excluding carboxylic acids is 1. The second-order valence-electron chi connectivity index (χ2n) is 4.85. The molecular weight excluding hydrogens is 210 g/mol. The quantitative estimate of drug-likeness (QED) is 0.506. The van der Waals surface area contributed by atoms with E-state index in [1.807, 2.05) is 0 Å². The number of carbonyl (C=O) groups is 1. The predicted molar refractivity (Wildman–Crippen MR) is 66.3 cm³/mol. The van der Waals surface area contributed by atoms with Gasteiger partial charge in [0.2, 0.25) is 5.91 Å². The van der Waals surface area contributed by atoms with Gasteiger partial charge in [-0.25, -0.2) is 0 Å². The van der Waals surface area contributed by atoms with Crippen LogP contribution in [0, 0.1) is 5.41 Å². The zero-order chi connectivity index (χ0) is 11.7. The molecule has 0 spiro atoms. The summed E-state index contributed by atoms with van der Waals surface area (Å²) in [5.74, 6) is -0.00276. The molecular formula is C12H24ClNO. The third-order valence-electron chi connectivity index (χ3n) is 2.70. The van der Waals surface area contributed by atoms with Gasteiger partial charge in [0.05, 0.1) is 0 Å². The van der Waals surface area contributed by atoms with E-state index in [0.717, 1.165) is 13.0 Å². The van der Waals surface area contributed by atoms with Crippen molar-refractivity contribution in [3.8, 4) is 0 Å². The standard InChI is InChI=1S/C12H24ClNO/c1-4-5-6-7-12(2,3)8-9-14-11(15)10-13/h4-10H2,1-3H3,(H,14,15). The zero-order valence-electron chi connectivity index (χ0n) is 10.2. The van der Waals surface area contributed by atoms with Crippen molar-refractivity contribution in [1.29, 1.82) is 0 Å². The number of hydrogen-bond acceptors (Lipinski definition) is 1. The molecule has 0 fully saturated rings. The minimum Gasteiger partial charge on any atom is -0.355 e. The Kier molecular flexibility index (Phi) is 7.85. The first-order chi connectivity index (χ1) is 7.02. The summed E-state index contributed by atoms with van der Waals surface area (Å²) in [7, 11) is 0. The molecule has 1 N–H and O–H groups in total. The Bertz CT molecular complexity index is 180. The summed E-state index contributed by atoms with van der Waals surface area (Å²) >= 11 is 5.39. The molecule has 0 aromatic heterocycles. The monoisotopic (exact) mass is 233 g/mol. The van der Waals surface area contributed by atoms with Crippen molar-refractivity contribution in [3.63, 3.8) is 0 Å². The Morgan fingerprint density at radius 3 is 2.47 bits per heavy atom. The summed E-state index contributed by atoms with van der Waals surface area (Å²) in [4.78, 5) is 10.9. The summed E-state index contributed by atoms with van der Waals surface area (Å²) in [6.07, 6.45) is 6.11. The van der Waals surface area contributed by atoms with E-state index < -0.39 is 0 Å². The van der Waals surface area contributed by atoms with Crippen LogP contribution in [-0.2, 0) is 4.79 Å². The van der Waals surface area contributed by atoms with Crippen molar-refractivity contribution >= 4 is 17.5 Å². The molecule has 0 unspecified atom stereocenters. The molecule has 0 radical (unpaired) electrons. The number of unbranched alkanes of at least 4 members (excludes halogenated alkanes) is 2. The van der Waals surface area contributed by atoms with Gasteiger partial charge < -0.3 is 5.32 Å². The SMILES string of the molecule is CCCCCC(C)(C)CCNC(=O)CCl. The number of hydrogen-bond donors (Lipinski definition) is 1. The molecule has 0 heterocycles. The third kappa shape index (κ3) is 8.73. The van der Waals surface area contributed by atoms with E-state index in [0.29, 0.717) is 5.41 Å². The lowest BCUT2D eigenvalue weighted by Gasteiger charge is -2.24. The second kappa shape index (κ2) is 7.98. The van der Waals surface area contributed by atoms with E-state index in [-0.39, 0.29) is 11.8 Å². The van der Waals surface area contributed by atoms with Crippen molar-refractivity contribution in [1.82, 2.24) is 5.32 Å². The average Bonchev–Trinajstić information content (AvgIpc) is 2.17. The van der Waals surface area contributed by atoms with Crippen molar-refractivity contribution in [3.05, 3.63) is 0 Å². The van der Waals surface area contributed by atoms with Crippen LogP contribution >= 0.6 is 11.6 Å². The molecule has 90 valence electrons. The van der Waals surface area contributed by atoms with E-state index in [4.69, 9.17) is 11.6 Å². The molecule has 0 aliphatic carbocycles. The first-order valence-corrected chi connectivity index (χ1v) is 6.38. The number of rotatable bonds is 8. The maximum Gasteiger partial charge on any atom is 0.234 e. The van der Waals surface area contributed by atoms with Crippen molar-refractivity contribution in [2.45, 2.75) is 52.9 Å². The minimum atomic E-state index is -0.0685. The number of amides is 1. The Balaban J connectivity index is 3.59. The molecule has 0 aliphatic rings.